The monoisotopic (exact) mass is 239 g/mol. The van der Waals surface area contributed by atoms with Crippen molar-refractivity contribution in [3.05, 3.63) is 0 Å². The number of hydrogen-bond acceptors (Lipinski definition) is 4. The summed E-state index contributed by atoms with van der Waals surface area (Å²) in [6, 6.07) is 2.75. The van der Waals surface area contributed by atoms with E-state index >= 15 is 0 Å². The van der Waals surface area contributed by atoms with Crippen LogP contribution in [0, 0.1) is 11.3 Å². The van der Waals surface area contributed by atoms with E-state index in [1.807, 2.05) is 6.92 Å². The van der Waals surface area contributed by atoms with Crippen LogP contribution in [-0.2, 0) is 0 Å². The third-order valence-electron chi connectivity index (χ3n) is 3.42. The Morgan fingerprint density at radius 3 is 2.82 bits per heavy atom. The second kappa shape index (κ2) is 7.65. The summed E-state index contributed by atoms with van der Waals surface area (Å²) in [7, 11) is 0. The Labute approximate surface area is 105 Å². The molecule has 0 saturated carbocycles. The average molecular weight is 239 g/mol. The molecule has 4 nitrogen and oxygen atoms in total. The Balaban J connectivity index is 2.35. The van der Waals surface area contributed by atoms with Crippen LogP contribution in [0.15, 0.2) is 0 Å². The van der Waals surface area contributed by atoms with Crippen molar-refractivity contribution in [1.29, 1.82) is 5.26 Å². The Morgan fingerprint density at radius 1 is 1.47 bits per heavy atom. The fourth-order valence-corrected chi connectivity index (χ4v) is 2.51. The van der Waals surface area contributed by atoms with Crippen molar-refractivity contribution < 1.29 is 5.11 Å². The number of β-amino-alcohol motifs (C(OH)–C–C–N with tert-alkyl or cyclic N) is 1. The Kier molecular flexibility index (Phi) is 6.49. The topological polar surface area (TPSA) is 50.5 Å². The summed E-state index contributed by atoms with van der Waals surface area (Å²) in [5.74, 6) is 0. The van der Waals surface area contributed by atoms with Gasteiger partial charge in [-0.05, 0) is 26.3 Å². The molecular weight excluding hydrogens is 214 g/mol. The lowest BCUT2D eigenvalue weighted by Gasteiger charge is -2.41. The number of rotatable bonds is 6. The maximum Gasteiger partial charge on any atom is 0.0639 e. The molecule has 0 bridgehead atoms. The number of aliphatic hydroxyl groups excluding tert-OH is 1. The predicted molar refractivity (Wildman–Crippen MR) is 68.6 cm³/mol. The van der Waals surface area contributed by atoms with Gasteiger partial charge in [-0.15, -0.1) is 0 Å². The number of aliphatic hydroxyl groups is 1. The SMILES string of the molecule is CC[C@H]1CN(CCCC#N)CCN1C[C@@H](C)O. The first-order valence-corrected chi connectivity index (χ1v) is 6.68. The maximum atomic E-state index is 9.47. The van der Waals surface area contributed by atoms with Gasteiger partial charge < -0.3 is 10.0 Å². The van der Waals surface area contributed by atoms with E-state index in [0.29, 0.717) is 12.5 Å². The molecule has 1 N–H and O–H groups in total. The van der Waals surface area contributed by atoms with E-state index in [4.69, 9.17) is 5.26 Å². The molecule has 1 aliphatic rings. The normalized spacial score (nSPS) is 24.5. The zero-order chi connectivity index (χ0) is 12.7. The maximum absolute atomic E-state index is 9.47. The van der Waals surface area contributed by atoms with Gasteiger partial charge in [0.1, 0.15) is 0 Å². The molecule has 98 valence electrons. The van der Waals surface area contributed by atoms with Gasteiger partial charge in [0.05, 0.1) is 12.2 Å². The molecule has 1 aliphatic heterocycles. The summed E-state index contributed by atoms with van der Waals surface area (Å²) in [5.41, 5.74) is 0. The van der Waals surface area contributed by atoms with Crippen molar-refractivity contribution >= 4 is 0 Å². The molecule has 0 aromatic rings. The van der Waals surface area contributed by atoms with Crippen LogP contribution in [0.25, 0.3) is 0 Å². The first-order valence-electron chi connectivity index (χ1n) is 6.68. The molecule has 0 amide bonds. The van der Waals surface area contributed by atoms with E-state index in [0.717, 1.165) is 45.6 Å². The van der Waals surface area contributed by atoms with E-state index in [1.54, 1.807) is 0 Å². The first kappa shape index (κ1) is 14.4. The number of nitriles is 1. The van der Waals surface area contributed by atoms with E-state index in [9.17, 15) is 5.11 Å². The van der Waals surface area contributed by atoms with E-state index in [2.05, 4.69) is 22.8 Å². The number of piperazine rings is 1. The van der Waals surface area contributed by atoms with Crippen LogP contribution in [0.2, 0.25) is 0 Å². The molecule has 17 heavy (non-hydrogen) atoms. The Hall–Kier alpha value is -0.630. The molecule has 1 heterocycles. The number of unbranched alkanes of at least 4 members (excludes halogenated alkanes) is 1. The number of hydrogen-bond donors (Lipinski definition) is 1. The molecular formula is C13H25N3O. The van der Waals surface area contributed by atoms with Crippen molar-refractivity contribution in [3.8, 4) is 6.07 Å². The molecule has 1 fully saturated rings. The van der Waals surface area contributed by atoms with Crippen LogP contribution >= 0.6 is 0 Å². The fourth-order valence-electron chi connectivity index (χ4n) is 2.51. The van der Waals surface area contributed by atoms with E-state index < -0.39 is 0 Å². The summed E-state index contributed by atoms with van der Waals surface area (Å²) in [4.78, 5) is 4.84. The average Bonchev–Trinajstić information content (AvgIpc) is 2.30. The van der Waals surface area contributed by atoms with Crippen LogP contribution in [0.1, 0.15) is 33.1 Å². The molecule has 0 unspecified atom stereocenters. The highest BCUT2D eigenvalue weighted by Crippen LogP contribution is 2.13. The lowest BCUT2D eigenvalue weighted by molar-refractivity contribution is 0.0364. The summed E-state index contributed by atoms with van der Waals surface area (Å²) in [6.45, 7) is 9.06. The van der Waals surface area contributed by atoms with Gasteiger partial charge in [0.15, 0.2) is 0 Å². The summed E-state index contributed by atoms with van der Waals surface area (Å²) < 4.78 is 0. The predicted octanol–water partition coefficient (Wildman–Crippen LogP) is 1.07. The molecule has 0 aromatic heterocycles. The van der Waals surface area contributed by atoms with Gasteiger partial charge in [-0.25, -0.2) is 0 Å². The fraction of sp³-hybridized carbons (Fsp3) is 0.923. The smallest absolute Gasteiger partial charge is 0.0639 e. The van der Waals surface area contributed by atoms with Crippen molar-refractivity contribution in [2.75, 3.05) is 32.7 Å². The van der Waals surface area contributed by atoms with Crippen LogP contribution < -0.4 is 0 Å². The van der Waals surface area contributed by atoms with Crippen molar-refractivity contribution in [3.63, 3.8) is 0 Å². The van der Waals surface area contributed by atoms with E-state index in [1.165, 1.54) is 0 Å². The molecule has 0 aliphatic carbocycles. The zero-order valence-corrected chi connectivity index (χ0v) is 11.1. The Morgan fingerprint density at radius 2 is 2.24 bits per heavy atom. The standard InChI is InChI=1S/C13H25N3O/c1-3-13-11-15(7-5-4-6-14)8-9-16(13)10-12(2)17/h12-13,17H,3-5,7-11H2,1-2H3/t12-,13+/m1/s1. The highest BCUT2D eigenvalue weighted by Gasteiger charge is 2.25. The van der Waals surface area contributed by atoms with Crippen molar-refractivity contribution in [2.45, 2.75) is 45.3 Å². The van der Waals surface area contributed by atoms with Crippen LogP contribution in [0.4, 0.5) is 0 Å². The van der Waals surface area contributed by atoms with Gasteiger partial charge in [-0.2, -0.15) is 5.26 Å². The molecule has 4 heteroatoms. The van der Waals surface area contributed by atoms with Gasteiger partial charge in [0, 0.05) is 38.6 Å². The third-order valence-corrected chi connectivity index (χ3v) is 3.42. The van der Waals surface area contributed by atoms with Crippen LogP contribution in [-0.4, -0.2) is 59.8 Å². The lowest BCUT2D eigenvalue weighted by atomic mass is 10.1. The lowest BCUT2D eigenvalue weighted by Crippen LogP contribution is -2.54. The summed E-state index contributed by atoms with van der Waals surface area (Å²) >= 11 is 0. The van der Waals surface area contributed by atoms with Crippen LogP contribution in [0.5, 0.6) is 0 Å². The van der Waals surface area contributed by atoms with Gasteiger partial charge in [-0.1, -0.05) is 6.92 Å². The first-order chi connectivity index (χ1) is 8.17. The second-order valence-electron chi connectivity index (χ2n) is 4.97. The van der Waals surface area contributed by atoms with E-state index in [-0.39, 0.29) is 6.10 Å². The highest BCUT2D eigenvalue weighted by atomic mass is 16.3. The van der Waals surface area contributed by atoms with Crippen molar-refractivity contribution in [2.24, 2.45) is 0 Å². The summed E-state index contributed by atoms with van der Waals surface area (Å²) in [5, 5.41) is 18.0. The van der Waals surface area contributed by atoms with Crippen molar-refractivity contribution in [1.82, 2.24) is 9.80 Å². The van der Waals surface area contributed by atoms with Gasteiger partial charge >= 0.3 is 0 Å². The zero-order valence-electron chi connectivity index (χ0n) is 11.1. The van der Waals surface area contributed by atoms with Gasteiger partial charge in [0.25, 0.3) is 0 Å². The third kappa shape index (κ3) is 5.03. The molecule has 1 rings (SSSR count). The Bertz CT molecular complexity index is 250. The number of nitrogens with zero attached hydrogens (tertiary/aromatic N) is 3. The van der Waals surface area contributed by atoms with Gasteiger partial charge in [0.2, 0.25) is 0 Å². The molecule has 1 saturated heterocycles. The molecule has 2 atom stereocenters. The highest BCUT2D eigenvalue weighted by molar-refractivity contribution is 4.82. The minimum Gasteiger partial charge on any atom is -0.392 e. The quantitative estimate of drug-likeness (QED) is 0.704. The molecule has 0 radical (unpaired) electrons. The minimum absolute atomic E-state index is 0.241. The largest absolute Gasteiger partial charge is 0.392 e. The molecule has 0 aromatic carbocycles. The van der Waals surface area contributed by atoms with Gasteiger partial charge in [-0.3, -0.25) is 4.90 Å². The molecule has 0 spiro atoms. The second-order valence-corrected chi connectivity index (χ2v) is 4.97. The van der Waals surface area contributed by atoms with Crippen LogP contribution in [0.3, 0.4) is 0 Å². The summed E-state index contributed by atoms with van der Waals surface area (Å²) in [6.07, 6.45) is 2.52. The minimum atomic E-state index is -0.241.